The zero-order valence-electron chi connectivity index (χ0n) is 42.7. The second-order valence-electron chi connectivity index (χ2n) is 19.7. The van der Waals surface area contributed by atoms with E-state index in [-0.39, 0.29) is 17.7 Å². The van der Waals surface area contributed by atoms with Crippen molar-refractivity contribution in [3.8, 4) is 46.0 Å². The molecule has 0 saturated heterocycles. The molecule has 0 bridgehead atoms. The van der Waals surface area contributed by atoms with E-state index in [1.807, 2.05) is 125 Å². The molecule has 376 valence electrons. The van der Waals surface area contributed by atoms with E-state index in [1.165, 1.54) is 21.1 Å². The molecule has 0 aliphatic carbocycles. The summed E-state index contributed by atoms with van der Waals surface area (Å²) in [5.74, 6) is 0.759. The molecule has 9 rings (SSSR count). The first-order valence-corrected chi connectivity index (χ1v) is 24.1. The smallest absolute Gasteiger partial charge is 0.310 e. The molecule has 2 aliphatic rings. The number of carbonyl (C=O) groups is 4. The van der Waals surface area contributed by atoms with Gasteiger partial charge in [-0.05, 0) is 74.5 Å². The number of carboxylic acid groups (broad SMARTS) is 1. The molecule has 2 atom stereocenters. The summed E-state index contributed by atoms with van der Waals surface area (Å²) in [6.45, 7) is 7.18. The third kappa shape index (κ3) is 10.1. The highest BCUT2D eigenvalue weighted by atomic mass is 32.1. The number of fused-ring (bicyclic) bond motifs is 4. The second kappa shape index (κ2) is 20.1. The predicted octanol–water partition coefficient (Wildman–Crippen LogP) is 8.93. The van der Waals surface area contributed by atoms with E-state index in [1.54, 1.807) is 71.8 Å². The van der Waals surface area contributed by atoms with Crippen molar-refractivity contribution >= 4 is 51.8 Å². The first kappa shape index (κ1) is 51.0. The maximum atomic E-state index is 13.6. The van der Waals surface area contributed by atoms with E-state index in [0.29, 0.717) is 68.1 Å². The van der Waals surface area contributed by atoms with Gasteiger partial charge in [0.05, 0.1) is 22.2 Å². The van der Waals surface area contributed by atoms with Crippen LogP contribution in [0.15, 0.2) is 103 Å². The Kier molecular flexibility index (Phi) is 14.0. The van der Waals surface area contributed by atoms with E-state index in [0.717, 1.165) is 28.1 Å². The van der Waals surface area contributed by atoms with Crippen LogP contribution in [0.25, 0.3) is 22.5 Å². The Bertz CT molecular complexity index is 3230. The van der Waals surface area contributed by atoms with Crippen LogP contribution < -0.4 is 24.6 Å². The number of aliphatic carboxylic acids is 1. The predicted molar refractivity (Wildman–Crippen MR) is 280 cm³/mol. The van der Waals surface area contributed by atoms with Crippen molar-refractivity contribution in [1.82, 2.24) is 39.9 Å². The molecular formula is C54H57N11O7S. The highest BCUT2D eigenvalue weighted by Crippen LogP contribution is 2.53. The number of carboxylic acids is 1. The van der Waals surface area contributed by atoms with Gasteiger partial charge in [0, 0.05) is 113 Å². The van der Waals surface area contributed by atoms with Crippen LogP contribution in [0.3, 0.4) is 0 Å². The number of hydrogen-bond donors (Lipinski definition) is 2. The molecular weight excluding hydrogens is 947 g/mol. The summed E-state index contributed by atoms with van der Waals surface area (Å²) in [7, 11) is 14.4. The SMILES string of the molecule is CN(C)C(=O)c1ccc(-c2ccc3c(n2)Oc2nc(N(C)C)ccc2C3C(C)(C)C(=O)Nc2nncs2)cc1.CN(C)C(=O)c1ccc(-c2ccc3c(n2)Oc2nc(N(C)C)ccc2C3C(C)(C)C(=O)O)cc1. The standard InChI is InChI=1S/C28H29N7O3S.C26H28N4O4/c1-28(2,26(37)32-27-33-29-15-39-27)22-18-11-13-20(16-7-9-17(10-8-16)25(36)35(5)6)30-23(18)38-24-19(22)12-14-21(31-24)34(3)4;1-26(2,25(32)33)21-17-11-13-19(15-7-9-16(10-8-15)24(31)30(5)6)27-22(17)34-23-18(21)12-14-20(28-23)29(3)4/h7-15,22H,1-6H3,(H,32,33,37);7-14,21H,1-6H3,(H,32,33). The fraction of sp³-hybridized carbons (Fsp3) is 0.296. The number of pyridine rings is 4. The lowest BCUT2D eigenvalue weighted by Crippen LogP contribution is -2.38. The van der Waals surface area contributed by atoms with Crippen molar-refractivity contribution in [3.63, 3.8) is 0 Å². The van der Waals surface area contributed by atoms with Crippen LogP contribution in [0.1, 0.15) is 82.5 Å². The Morgan fingerprint density at radius 3 is 1.27 bits per heavy atom. The van der Waals surface area contributed by atoms with Gasteiger partial charge in [-0.2, -0.15) is 9.97 Å². The van der Waals surface area contributed by atoms with Crippen molar-refractivity contribution in [2.45, 2.75) is 39.5 Å². The van der Waals surface area contributed by atoms with Crippen LogP contribution in [0.2, 0.25) is 0 Å². The summed E-state index contributed by atoms with van der Waals surface area (Å²) >= 11 is 1.26. The number of rotatable bonds is 11. The monoisotopic (exact) mass is 1000 g/mol. The lowest BCUT2D eigenvalue weighted by Gasteiger charge is -2.37. The van der Waals surface area contributed by atoms with E-state index in [9.17, 15) is 24.3 Å². The topological polar surface area (TPSA) is 209 Å². The largest absolute Gasteiger partial charge is 0.481 e. The number of anilines is 3. The lowest BCUT2D eigenvalue weighted by molar-refractivity contribution is -0.147. The molecule has 18 nitrogen and oxygen atoms in total. The molecule has 3 amide bonds. The minimum absolute atomic E-state index is 0.0699. The highest BCUT2D eigenvalue weighted by Gasteiger charge is 2.46. The number of ether oxygens (including phenoxy) is 2. The van der Waals surface area contributed by atoms with Gasteiger partial charge >= 0.3 is 5.97 Å². The lowest BCUT2D eigenvalue weighted by atomic mass is 9.70. The molecule has 2 aromatic carbocycles. The molecule has 5 aromatic heterocycles. The normalized spacial score (nSPS) is 14.2. The summed E-state index contributed by atoms with van der Waals surface area (Å²) < 4.78 is 12.4. The van der Waals surface area contributed by atoms with Crippen LogP contribution in [0.4, 0.5) is 16.8 Å². The minimum Gasteiger partial charge on any atom is -0.481 e. The Morgan fingerprint density at radius 1 is 0.534 bits per heavy atom. The zero-order valence-corrected chi connectivity index (χ0v) is 43.6. The number of nitrogens with one attached hydrogen (secondary N) is 1. The van der Waals surface area contributed by atoms with Crippen molar-refractivity contribution in [2.75, 3.05) is 71.5 Å². The van der Waals surface area contributed by atoms with Crippen LogP contribution in [0, 0.1) is 10.8 Å². The van der Waals surface area contributed by atoms with Crippen molar-refractivity contribution in [2.24, 2.45) is 10.8 Å². The quantitative estimate of drug-likeness (QED) is 0.124. The van der Waals surface area contributed by atoms with Crippen LogP contribution in [-0.4, -0.2) is 125 Å². The van der Waals surface area contributed by atoms with E-state index in [2.05, 4.69) is 20.5 Å². The summed E-state index contributed by atoms with van der Waals surface area (Å²) in [5, 5.41) is 21.1. The molecule has 2 unspecified atom stereocenters. The third-order valence-electron chi connectivity index (χ3n) is 12.9. The van der Waals surface area contributed by atoms with Gasteiger partial charge < -0.3 is 39.5 Å². The number of hydrogen-bond acceptors (Lipinski definition) is 15. The van der Waals surface area contributed by atoms with E-state index < -0.39 is 28.6 Å². The van der Waals surface area contributed by atoms with Crippen LogP contribution in [-0.2, 0) is 9.59 Å². The third-order valence-corrected chi connectivity index (χ3v) is 13.5. The van der Waals surface area contributed by atoms with Gasteiger partial charge in [-0.1, -0.05) is 61.6 Å². The Morgan fingerprint density at radius 2 is 0.918 bits per heavy atom. The van der Waals surface area contributed by atoms with Gasteiger partial charge in [-0.25, -0.2) is 9.97 Å². The first-order valence-electron chi connectivity index (χ1n) is 23.3. The fourth-order valence-corrected chi connectivity index (χ4v) is 9.15. The molecule has 0 radical (unpaired) electrons. The van der Waals surface area contributed by atoms with Gasteiger partial charge in [0.15, 0.2) is 0 Å². The first-order chi connectivity index (χ1) is 34.6. The van der Waals surface area contributed by atoms with Gasteiger partial charge in [0.2, 0.25) is 34.6 Å². The van der Waals surface area contributed by atoms with E-state index >= 15 is 0 Å². The van der Waals surface area contributed by atoms with Gasteiger partial charge in [-0.15, -0.1) is 10.2 Å². The highest BCUT2D eigenvalue weighted by molar-refractivity contribution is 7.13. The maximum Gasteiger partial charge on any atom is 0.310 e. The average molecular weight is 1000 g/mol. The van der Waals surface area contributed by atoms with Gasteiger partial charge in [0.25, 0.3) is 11.8 Å². The number of carbonyl (C=O) groups excluding carboxylic acids is 3. The molecule has 0 saturated carbocycles. The Labute approximate surface area is 427 Å². The van der Waals surface area contributed by atoms with Crippen LogP contribution in [0.5, 0.6) is 23.5 Å². The Hall–Kier alpha value is -8.32. The van der Waals surface area contributed by atoms with Crippen molar-refractivity contribution < 1.29 is 33.8 Å². The van der Waals surface area contributed by atoms with Crippen molar-refractivity contribution in [3.05, 3.63) is 136 Å². The Balaban J connectivity index is 0.000000197. The molecule has 7 aromatic rings. The summed E-state index contributed by atoms with van der Waals surface area (Å²) in [6.07, 6.45) is 0. The van der Waals surface area contributed by atoms with Crippen molar-refractivity contribution in [1.29, 1.82) is 0 Å². The summed E-state index contributed by atoms with van der Waals surface area (Å²) in [6, 6.07) is 29.7. The van der Waals surface area contributed by atoms with E-state index in [4.69, 9.17) is 24.4 Å². The maximum absolute atomic E-state index is 13.6. The van der Waals surface area contributed by atoms with Gasteiger partial charge in [-0.3, -0.25) is 19.2 Å². The fourth-order valence-electron chi connectivity index (χ4n) is 8.71. The number of aromatic nitrogens is 6. The van der Waals surface area contributed by atoms with Crippen LogP contribution >= 0.6 is 11.3 Å². The molecule has 2 N–H and O–H groups in total. The molecule has 2 aliphatic heterocycles. The number of nitrogens with zero attached hydrogens (tertiary/aromatic N) is 10. The zero-order chi connectivity index (χ0) is 52.7. The minimum atomic E-state index is -1.12. The number of amides is 3. The number of benzene rings is 2. The molecule has 0 fully saturated rings. The molecule has 7 heterocycles. The average Bonchev–Trinajstić information content (AvgIpc) is 3.89. The molecule has 0 spiro atoms. The molecule has 73 heavy (non-hydrogen) atoms. The summed E-state index contributed by atoms with van der Waals surface area (Å²) in [4.78, 5) is 76.0. The molecule has 19 heteroatoms. The van der Waals surface area contributed by atoms with Gasteiger partial charge in [0.1, 0.15) is 17.1 Å². The summed E-state index contributed by atoms with van der Waals surface area (Å²) in [5.41, 5.74) is 6.69. The second-order valence-corrected chi connectivity index (χ2v) is 20.5.